The Morgan fingerprint density at radius 3 is 0.673 bits per heavy atom. The fourth-order valence-corrected chi connectivity index (χ4v) is 5.11. The van der Waals surface area contributed by atoms with E-state index in [0.717, 1.165) is 0 Å². The van der Waals surface area contributed by atoms with Crippen LogP contribution in [-0.2, 0) is 96.7 Å². The van der Waals surface area contributed by atoms with Crippen LogP contribution in [0, 0.1) is 0 Å². The Hall–Kier alpha value is -0.0696. The van der Waals surface area contributed by atoms with E-state index >= 15 is 0 Å². The zero-order valence-corrected chi connectivity index (χ0v) is 36.4. The number of hydrogen-bond acceptors (Lipinski definition) is 22. The largest absolute Gasteiger partial charge is 4.00 e. The molecule has 0 aromatic rings. The SMILES string of the molecule is O=C([O-])CN[C@@H]1C([O-])[C@H](NCC(=O)[O-])[C@H]([O-])C(NCC[O-])[C@@H]1[O-].O=C([O-])CN[C@@H]1C([O-])[C@H](NCC(=O)[O-])[C@H]([O-])C(NCC[O-])[C@@H]1[O-].[Hf+4].[Hf+4].[Hf+4]. The molecule has 0 aliphatic heterocycles. The number of rotatable bonds is 18. The maximum Gasteiger partial charge on any atom is 4.00 e. The molecule has 2 rings (SSSR count). The van der Waals surface area contributed by atoms with Crippen LogP contribution in [0.15, 0.2) is 0 Å². The molecule has 0 radical (unpaired) electrons. The van der Waals surface area contributed by atoms with Crippen LogP contribution in [0.4, 0.5) is 0 Å². The fraction of sp³-hybridized carbons (Fsp3) is 0.833. The van der Waals surface area contributed by atoms with Crippen molar-refractivity contribution in [2.75, 3.05) is 52.5 Å². The van der Waals surface area contributed by atoms with Crippen LogP contribution < -0.4 is 93.2 Å². The molecule has 12 atom stereocenters. The van der Waals surface area contributed by atoms with Crippen molar-refractivity contribution in [1.29, 1.82) is 0 Å². The fourth-order valence-electron chi connectivity index (χ4n) is 5.11. The minimum atomic E-state index is -1.87. The number of carboxylic acid groups (broad SMARTS) is 4. The number of aliphatic carboxylic acids is 4. The van der Waals surface area contributed by atoms with Gasteiger partial charge in [-0.1, -0.05) is 36.6 Å². The molecule has 2 aliphatic carbocycles. The minimum Gasteiger partial charge on any atom is -0.854 e. The molecule has 0 heterocycles. The summed E-state index contributed by atoms with van der Waals surface area (Å²) >= 11 is 0. The van der Waals surface area contributed by atoms with Gasteiger partial charge in [0, 0.05) is 26.2 Å². The molecule has 0 amide bonds. The monoisotopic (exact) mass is 1200 g/mol. The Morgan fingerprint density at radius 1 is 0.367 bits per heavy atom. The molecule has 6 N–H and O–H groups in total. The second-order valence-electron chi connectivity index (χ2n) is 10.3. The van der Waals surface area contributed by atoms with Crippen LogP contribution in [-0.4, -0.2) is 149 Å². The molecule has 0 bridgehead atoms. The summed E-state index contributed by atoms with van der Waals surface area (Å²) in [6.45, 7) is -4.67. The van der Waals surface area contributed by atoms with Crippen LogP contribution in [0.2, 0.25) is 0 Å². The second-order valence-corrected chi connectivity index (χ2v) is 10.3. The van der Waals surface area contributed by atoms with E-state index in [4.69, 9.17) is 0 Å². The molecule has 268 valence electrons. The molecule has 0 saturated heterocycles. The van der Waals surface area contributed by atoms with Gasteiger partial charge in [0.2, 0.25) is 0 Å². The van der Waals surface area contributed by atoms with Gasteiger partial charge in [-0.2, -0.15) is 0 Å². The van der Waals surface area contributed by atoms with Gasteiger partial charge in [-0.3, -0.25) is 0 Å². The first-order valence-electron chi connectivity index (χ1n) is 13.9. The van der Waals surface area contributed by atoms with Gasteiger partial charge in [0.05, 0.1) is 23.9 Å². The molecule has 4 unspecified atom stereocenters. The van der Waals surface area contributed by atoms with Crippen molar-refractivity contribution in [3.63, 3.8) is 0 Å². The molecule has 25 heteroatoms. The number of carbonyl (C=O) groups excluding carboxylic acids is 4. The first kappa shape index (κ1) is 53.3. The van der Waals surface area contributed by atoms with Crippen molar-refractivity contribution in [3.05, 3.63) is 0 Å². The van der Waals surface area contributed by atoms with Gasteiger partial charge in [0.25, 0.3) is 0 Å². The third-order valence-electron chi connectivity index (χ3n) is 7.14. The van der Waals surface area contributed by atoms with E-state index < -0.39 is 136 Å². The van der Waals surface area contributed by atoms with E-state index in [1.165, 1.54) is 0 Å². The van der Waals surface area contributed by atoms with Gasteiger partial charge in [-0.15, -0.1) is 13.2 Å². The molecule has 0 spiro atoms. The van der Waals surface area contributed by atoms with Crippen molar-refractivity contribution < 1.29 is 158 Å². The van der Waals surface area contributed by atoms with Crippen LogP contribution in [0.25, 0.3) is 0 Å². The van der Waals surface area contributed by atoms with E-state index in [2.05, 4.69) is 31.9 Å². The number of hydrogen-bond donors (Lipinski definition) is 6. The van der Waals surface area contributed by atoms with Crippen LogP contribution >= 0.6 is 0 Å². The van der Waals surface area contributed by atoms with E-state index in [-0.39, 0.29) is 90.6 Å². The van der Waals surface area contributed by atoms with E-state index in [0.29, 0.717) is 0 Å². The molecule has 22 nitrogen and oxygen atoms in total. The Balaban J connectivity index is -0.000000814. The maximum atomic E-state index is 12.2. The quantitative estimate of drug-likeness (QED) is 0.0694. The first-order valence-corrected chi connectivity index (χ1v) is 13.9. The van der Waals surface area contributed by atoms with Gasteiger partial charge in [0.1, 0.15) is 0 Å². The number of carboxylic acids is 4. The van der Waals surface area contributed by atoms with Crippen molar-refractivity contribution in [2.24, 2.45) is 0 Å². The molecule has 2 aliphatic rings. The smallest absolute Gasteiger partial charge is 0.854 e. The average molecular weight is 1200 g/mol. The van der Waals surface area contributed by atoms with Gasteiger partial charge < -0.3 is 112 Å². The predicted molar refractivity (Wildman–Crippen MR) is 123 cm³/mol. The van der Waals surface area contributed by atoms with Crippen LogP contribution in [0.5, 0.6) is 0 Å². The Labute approximate surface area is 336 Å². The maximum absolute atomic E-state index is 12.2. The summed E-state index contributed by atoms with van der Waals surface area (Å²) < 4.78 is 0. The van der Waals surface area contributed by atoms with Crippen molar-refractivity contribution in [1.82, 2.24) is 31.9 Å². The topological polar surface area (TPSA) is 417 Å². The summed E-state index contributed by atoms with van der Waals surface area (Å²) in [4.78, 5) is 41.9. The standard InChI is InChI=1S/2C12H19N3O8.3Hf/c2*16-2-1-13-7-10(21)8(14-3-5(17)18)12(23)9(11(7)22)15-4-6(19)20;;;/h2*7-15H,1-4H2,(H,17,18)(H,19,20);;;/q2*-4;3*+4/p-4/t2*7?,8-,9+,10-,11+,12?;;;. The summed E-state index contributed by atoms with van der Waals surface area (Å²) in [5.74, 6) is -6.18. The molecule has 2 fully saturated rings. The van der Waals surface area contributed by atoms with Crippen LogP contribution in [0.3, 0.4) is 0 Å². The summed E-state index contributed by atoms with van der Waals surface area (Å²) in [6, 6.07) is -8.51. The van der Waals surface area contributed by atoms with Crippen molar-refractivity contribution in [3.8, 4) is 0 Å². The molecular formula is C24H34Hf3N6O16. The third-order valence-corrected chi connectivity index (χ3v) is 7.14. The third kappa shape index (κ3) is 17.5. The van der Waals surface area contributed by atoms with Crippen molar-refractivity contribution >= 4 is 23.9 Å². The average Bonchev–Trinajstić information content (AvgIpc) is 2.96. The van der Waals surface area contributed by atoms with E-state index in [1.54, 1.807) is 0 Å². The normalized spacial score (nSPS) is 32.2. The zero-order chi connectivity index (χ0) is 35.1. The molecular weight excluding hydrogens is 1160 g/mol. The zero-order valence-electron chi connectivity index (χ0n) is 25.6. The number of nitrogens with one attached hydrogen (secondary N) is 6. The van der Waals surface area contributed by atoms with E-state index in [1.807, 2.05) is 0 Å². The minimum absolute atomic E-state index is 0. The summed E-state index contributed by atoms with van der Waals surface area (Å²) in [5, 5.41) is 150. The van der Waals surface area contributed by atoms with Gasteiger partial charge in [-0.25, -0.2) is 0 Å². The Morgan fingerprint density at radius 2 is 0.531 bits per heavy atom. The molecule has 0 aromatic heterocycles. The summed E-state index contributed by atoms with van der Waals surface area (Å²) in [7, 11) is 0. The van der Waals surface area contributed by atoms with Gasteiger partial charge >= 0.3 is 77.5 Å². The molecule has 0 aromatic carbocycles. The second kappa shape index (κ2) is 27.5. The Kier molecular flexibility index (Phi) is 29.9. The van der Waals surface area contributed by atoms with Crippen LogP contribution in [0.1, 0.15) is 0 Å². The first-order chi connectivity index (χ1) is 21.6. The Bertz CT molecular complexity index is 846. The van der Waals surface area contributed by atoms with Crippen molar-refractivity contribution in [2.45, 2.75) is 72.9 Å². The molecule has 2 saturated carbocycles. The van der Waals surface area contributed by atoms with Gasteiger partial charge in [0.15, 0.2) is 0 Å². The van der Waals surface area contributed by atoms with E-state index in [9.17, 15) is 80.5 Å². The predicted octanol–water partition coefficient (Wildman–Crippen LogP) is -20.2. The van der Waals surface area contributed by atoms with Gasteiger partial charge in [-0.05, 0) is 49.3 Å². The molecule has 49 heavy (non-hydrogen) atoms. The summed E-state index contributed by atoms with van der Waals surface area (Å²) in [6.07, 6.45) is -10.9. The summed E-state index contributed by atoms with van der Waals surface area (Å²) in [5.41, 5.74) is 0. The number of carbonyl (C=O) groups is 4.